The number of nitrogens with zero attached hydrogens (tertiary/aromatic N) is 1. The number of carbonyl (C=O) groups excluding carboxylic acids is 2. The first-order chi connectivity index (χ1) is 12.9. The Labute approximate surface area is 159 Å². The second kappa shape index (κ2) is 7.70. The van der Waals surface area contributed by atoms with Gasteiger partial charge in [-0.1, -0.05) is 17.2 Å². The molecule has 0 unspecified atom stereocenters. The molecular weight excluding hydrogens is 344 g/mol. The fraction of sp³-hybridized carbons (Fsp3) is 0.333. The van der Waals surface area contributed by atoms with E-state index in [1.54, 1.807) is 31.3 Å². The van der Waals surface area contributed by atoms with E-state index in [1.807, 2.05) is 38.1 Å². The van der Waals surface area contributed by atoms with E-state index in [0.717, 1.165) is 16.8 Å². The SMILES string of the molecule is COc1ccc(N2C[C@@H](NC(=O)c3cc(C)cc(C)c3)CC2=O)cc1OC. The molecule has 27 heavy (non-hydrogen) atoms. The maximum atomic E-state index is 12.6. The van der Waals surface area contributed by atoms with Crippen LogP contribution >= 0.6 is 0 Å². The molecule has 2 amide bonds. The summed E-state index contributed by atoms with van der Waals surface area (Å²) in [5.74, 6) is 0.972. The van der Waals surface area contributed by atoms with Crippen molar-refractivity contribution in [3.8, 4) is 11.5 Å². The molecule has 142 valence electrons. The largest absolute Gasteiger partial charge is 0.493 e. The summed E-state index contributed by atoms with van der Waals surface area (Å²) in [7, 11) is 3.12. The zero-order valence-electron chi connectivity index (χ0n) is 16.0. The molecule has 0 radical (unpaired) electrons. The Kier molecular flexibility index (Phi) is 5.35. The van der Waals surface area contributed by atoms with Gasteiger partial charge in [-0.2, -0.15) is 0 Å². The fourth-order valence-corrected chi connectivity index (χ4v) is 3.42. The van der Waals surface area contributed by atoms with Crippen LogP contribution in [0.3, 0.4) is 0 Å². The molecule has 1 fully saturated rings. The van der Waals surface area contributed by atoms with Crippen molar-refractivity contribution in [2.24, 2.45) is 0 Å². The van der Waals surface area contributed by atoms with Crippen molar-refractivity contribution in [1.29, 1.82) is 0 Å². The predicted molar refractivity (Wildman–Crippen MR) is 104 cm³/mol. The van der Waals surface area contributed by atoms with Crippen molar-refractivity contribution < 1.29 is 19.1 Å². The van der Waals surface area contributed by atoms with Crippen LogP contribution in [0.5, 0.6) is 11.5 Å². The maximum absolute atomic E-state index is 12.6. The Morgan fingerprint density at radius 2 is 1.70 bits per heavy atom. The fourth-order valence-electron chi connectivity index (χ4n) is 3.42. The number of hydrogen-bond acceptors (Lipinski definition) is 4. The summed E-state index contributed by atoms with van der Waals surface area (Å²) in [4.78, 5) is 26.7. The van der Waals surface area contributed by atoms with Crippen molar-refractivity contribution in [1.82, 2.24) is 5.32 Å². The Balaban J connectivity index is 1.73. The lowest BCUT2D eigenvalue weighted by Gasteiger charge is -2.19. The summed E-state index contributed by atoms with van der Waals surface area (Å²) in [6, 6.07) is 10.8. The molecule has 1 atom stereocenters. The standard InChI is InChI=1S/C21H24N2O4/c1-13-7-14(2)9-15(8-13)21(25)22-16-10-20(24)23(12-16)17-5-6-18(26-3)19(11-17)27-4/h5-9,11,16H,10,12H2,1-4H3,(H,22,25)/t16-/m0/s1. The maximum Gasteiger partial charge on any atom is 0.251 e. The zero-order valence-corrected chi connectivity index (χ0v) is 16.0. The van der Waals surface area contributed by atoms with Gasteiger partial charge in [0.25, 0.3) is 5.91 Å². The minimum Gasteiger partial charge on any atom is -0.493 e. The number of ether oxygens (including phenoxy) is 2. The number of aryl methyl sites for hydroxylation is 2. The summed E-state index contributed by atoms with van der Waals surface area (Å²) in [5.41, 5.74) is 3.41. The van der Waals surface area contributed by atoms with Crippen LogP contribution in [0.1, 0.15) is 27.9 Å². The van der Waals surface area contributed by atoms with E-state index in [9.17, 15) is 9.59 Å². The highest BCUT2D eigenvalue weighted by atomic mass is 16.5. The van der Waals surface area contributed by atoms with E-state index in [0.29, 0.717) is 23.6 Å². The molecule has 1 heterocycles. The number of anilines is 1. The molecule has 1 N–H and O–H groups in total. The lowest BCUT2D eigenvalue weighted by molar-refractivity contribution is -0.117. The molecule has 1 aliphatic rings. The highest BCUT2D eigenvalue weighted by molar-refractivity contribution is 5.99. The number of hydrogen-bond donors (Lipinski definition) is 1. The van der Waals surface area contributed by atoms with Gasteiger partial charge in [-0.15, -0.1) is 0 Å². The number of rotatable bonds is 5. The molecule has 6 heteroatoms. The van der Waals surface area contributed by atoms with Crippen molar-refractivity contribution in [3.05, 3.63) is 53.1 Å². The van der Waals surface area contributed by atoms with Gasteiger partial charge in [0.05, 0.1) is 20.3 Å². The molecule has 0 aromatic heterocycles. The van der Waals surface area contributed by atoms with E-state index in [-0.39, 0.29) is 24.3 Å². The van der Waals surface area contributed by atoms with Gasteiger partial charge in [0.15, 0.2) is 11.5 Å². The Morgan fingerprint density at radius 1 is 1.04 bits per heavy atom. The highest BCUT2D eigenvalue weighted by Crippen LogP contribution is 2.33. The van der Waals surface area contributed by atoms with Gasteiger partial charge in [0.1, 0.15) is 0 Å². The molecule has 1 aliphatic heterocycles. The van der Waals surface area contributed by atoms with Gasteiger partial charge in [-0.3, -0.25) is 9.59 Å². The number of nitrogens with one attached hydrogen (secondary N) is 1. The second-order valence-corrected chi connectivity index (χ2v) is 6.79. The average Bonchev–Trinajstić information content (AvgIpc) is 3.00. The topological polar surface area (TPSA) is 67.9 Å². The van der Waals surface area contributed by atoms with Crippen molar-refractivity contribution >= 4 is 17.5 Å². The third kappa shape index (κ3) is 4.05. The highest BCUT2D eigenvalue weighted by Gasteiger charge is 2.32. The number of methoxy groups -OCH3 is 2. The molecular formula is C21H24N2O4. The first-order valence-corrected chi connectivity index (χ1v) is 8.83. The van der Waals surface area contributed by atoms with E-state index in [4.69, 9.17) is 9.47 Å². The van der Waals surface area contributed by atoms with Crippen LogP contribution in [0, 0.1) is 13.8 Å². The number of benzene rings is 2. The monoisotopic (exact) mass is 368 g/mol. The quantitative estimate of drug-likeness (QED) is 0.881. The van der Waals surface area contributed by atoms with Gasteiger partial charge >= 0.3 is 0 Å². The van der Waals surface area contributed by atoms with Crippen LogP contribution in [0.2, 0.25) is 0 Å². The smallest absolute Gasteiger partial charge is 0.251 e. The summed E-state index contributed by atoms with van der Waals surface area (Å²) in [6.45, 7) is 4.34. The normalized spacial score (nSPS) is 16.4. The summed E-state index contributed by atoms with van der Waals surface area (Å²) in [5, 5.41) is 2.97. The first kappa shape index (κ1) is 18.8. The number of carbonyl (C=O) groups is 2. The van der Waals surface area contributed by atoms with Crippen LogP contribution in [-0.2, 0) is 4.79 Å². The second-order valence-electron chi connectivity index (χ2n) is 6.79. The van der Waals surface area contributed by atoms with Gasteiger partial charge in [0.2, 0.25) is 5.91 Å². The van der Waals surface area contributed by atoms with Crippen molar-refractivity contribution in [2.75, 3.05) is 25.7 Å². The third-order valence-corrected chi connectivity index (χ3v) is 4.62. The molecule has 0 aliphatic carbocycles. The molecule has 1 saturated heterocycles. The molecule has 0 saturated carbocycles. The van der Waals surface area contributed by atoms with Crippen LogP contribution < -0.4 is 19.7 Å². The molecule has 0 bridgehead atoms. The van der Waals surface area contributed by atoms with Gasteiger partial charge in [-0.25, -0.2) is 0 Å². The van der Waals surface area contributed by atoms with Crippen molar-refractivity contribution in [3.63, 3.8) is 0 Å². The molecule has 2 aromatic rings. The van der Waals surface area contributed by atoms with Crippen LogP contribution in [0.4, 0.5) is 5.69 Å². The molecule has 0 spiro atoms. The van der Waals surface area contributed by atoms with Gasteiger partial charge in [0, 0.05) is 30.3 Å². The van der Waals surface area contributed by atoms with Crippen LogP contribution in [0.25, 0.3) is 0 Å². The average molecular weight is 368 g/mol. The van der Waals surface area contributed by atoms with E-state index >= 15 is 0 Å². The van der Waals surface area contributed by atoms with Gasteiger partial charge < -0.3 is 19.7 Å². The Hall–Kier alpha value is -3.02. The van der Waals surface area contributed by atoms with Crippen LogP contribution in [-0.4, -0.2) is 38.6 Å². The molecule has 3 rings (SSSR count). The lowest BCUT2D eigenvalue weighted by Crippen LogP contribution is -2.37. The summed E-state index contributed by atoms with van der Waals surface area (Å²) < 4.78 is 10.5. The van der Waals surface area contributed by atoms with Crippen molar-refractivity contribution in [2.45, 2.75) is 26.3 Å². The molecule has 2 aromatic carbocycles. The van der Waals surface area contributed by atoms with Crippen LogP contribution in [0.15, 0.2) is 36.4 Å². The minimum atomic E-state index is -0.237. The van der Waals surface area contributed by atoms with E-state index < -0.39 is 0 Å². The van der Waals surface area contributed by atoms with E-state index in [2.05, 4.69) is 5.32 Å². The summed E-state index contributed by atoms with van der Waals surface area (Å²) in [6.07, 6.45) is 0.269. The minimum absolute atomic E-state index is 0.0343. The Bertz CT molecular complexity index is 858. The molecule has 6 nitrogen and oxygen atoms in total. The summed E-state index contributed by atoms with van der Waals surface area (Å²) >= 11 is 0. The predicted octanol–water partition coefficient (Wildman–Crippen LogP) is 2.86. The lowest BCUT2D eigenvalue weighted by atomic mass is 10.1. The third-order valence-electron chi connectivity index (χ3n) is 4.62. The Morgan fingerprint density at radius 3 is 2.33 bits per heavy atom. The van der Waals surface area contributed by atoms with Gasteiger partial charge in [-0.05, 0) is 38.1 Å². The number of amides is 2. The zero-order chi connectivity index (χ0) is 19.6. The van der Waals surface area contributed by atoms with E-state index in [1.165, 1.54) is 0 Å². The first-order valence-electron chi connectivity index (χ1n) is 8.83.